The van der Waals surface area contributed by atoms with Gasteiger partial charge in [-0.15, -0.1) is 0 Å². The Bertz CT molecular complexity index is 1230. The summed E-state index contributed by atoms with van der Waals surface area (Å²) in [7, 11) is 0. The number of carbonyl (C=O) groups excluding carboxylic acids is 2. The quantitative estimate of drug-likeness (QED) is 0.370. The van der Waals surface area contributed by atoms with Crippen LogP contribution in [0.3, 0.4) is 0 Å². The van der Waals surface area contributed by atoms with Crippen molar-refractivity contribution >= 4 is 34.6 Å². The van der Waals surface area contributed by atoms with Crippen LogP contribution < -0.4 is 9.80 Å². The number of nitro benzene ring substituents is 1. The SMILES string of the molecule is Cc1ccc(N2C(=O)c3cc(N4CCc5ccccc54)c([N+](=O)[O-])cc3C2=O)cc1. The Labute approximate surface area is 172 Å². The zero-order valence-corrected chi connectivity index (χ0v) is 16.2. The van der Waals surface area contributed by atoms with Crippen molar-refractivity contribution in [3.63, 3.8) is 0 Å². The molecule has 0 saturated heterocycles. The first-order chi connectivity index (χ1) is 14.5. The van der Waals surface area contributed by atoms with Gasteiger partial charge in [-0.05, 0) is 43.2 Å². The second kappa shape index (κ2) is 6.52. The number of amides is 2. The molecule has 3 aromatic carbocycles. The van der Waals surface area contributed by atoms with Crippen LogP contribution in [0.1, 0.15) is 31.8 Å². The number of imide groups is 1. The Hall–Kier alpha value is -4.00. The van der Waals surface area contributed by atoms with Crippen molar-refractivity contribution in [1.29, 1.82) is 0 Å². The Kier molecular flexibility index (Phi) is 3.92. The number of para-hydroxylation sites is 1. The molecule has 0 aliphatic carbocycles. The third-order valence-corrected chi connectivity index (χ3v) is 5.65. The first kappa shape index (κ1) is 18.1. The van der Waals surface area contributed by atoms with Crippen LogP contribution in [0.15, 0.2) is 60.7 Å². The van der Waals surface area contributed by atoms with Crippen LogP contribution in [0, 0.1) is 17.0 Å². The smallest absolute Gasteiger partial charge is 0.293 e. The summed E-state index contributed by atoms with van der Waals surface area (Å²) >= 11 is 0. The van der Waals surface area contributed by atoms with Gasteiger partial charge in [0, 0.05) is 18.3 Å². The minimum atomic E-state index is -0.546. The molecule has 2 heterocycles. The van der Waals surface area contributed by atoms with Crippen LogP contribution in [0.5, 0.6) is 0 Å². The molecule has 3 aromatic rings. The monoisotopic (exact) mass is 399 g/mol. The average Bonchev–Trinajstić information content (AvgIpc) is 3.27. The minimum Gasteiger partial charge on any atom is -0.335 e. The lowest BCUT2D eigenvalue weighted by molar-refractivity contribution is -0.384. The van der Waals surface area contributed by atoms with Gasteiger partial charge in [-0.2, -0.15) is 0 Å². The third-order valence-electron chi connectivity index (χ3n) is 5.65. The fourth-order valence-electron chi connectivity index (χ4n) is 4.14. The largest absolute Gasteiger partial charge is 0.335 e. The van der Waals surface area contributed by atoms with Crippen molar-refractivity contribution in [1.82, 2.24) is 0 Å². The molecule has 148 valence electrons. The van der Waals surface area contributed by atoms with E-state index in [4.69, 9.17) is 0 Å². The van der Waals surface area contributed by atoms with Gasteiger partial charge in [0.2, 0.25) is 0 Å². The van der Waals surface area contributed by atoms with Crippen LogP contribution in [-0.2, 0) is 6.42 Å². The van der Waals surface area contributed by atoms with Gasteiger partial charge in [-0.1, -0.05) is 35.9 Å². The molecule has 2 aliphatic rings. The highest BCUT2D eigenvalue weighted by molar-refractivity contribution is 6.35. The molecule has 0 N–H and O–H groups in total. The normalized spacial score (nSPS) is 14.8. The van der Waals surface area contributed by atoms with Crippen LogP contribution in [-0.4, -0.2) is 23.3 Å². The number of fused-ring (bicyclic) bond motifs is 2. The highest BCUT2D eigenvalue weighted by Crippen LogP contribution is 2.42. The van der Waals surface area contributed by atoms with Gasteiger partial charge in [-0.25, -0.2) is 4.90 Å². The van der Waals surface area contributed by atoms with Gasteiger partial charge in [0.05, 0.1) is 21.7 Å². The van der Waals surface area contributed by atoms with Gasteiger partial charge < -0.3 is 4.90 Å². The number of rotatable bonds is 3. The third kappa shape index (κ3) is 2.59. The molecule has 2 aliphatic heterocycles. The number of anilines is 3. The maximum Gasteiger partial charge on any atom is 0.293 e. The molecule has 2 amide bonds. The first-order valence-electron chi connectivity index (χ1n) is 9.59. The van der Waals surface area contributed by atoms with E-state index >= 15 is 0 Å². The van der Waals surface area contributed by atoms with Crippen molar-refractivity contribution in [2.75, 3.05) is 16.3 Å². The number of hydrogen-bond acceptors (Lipinski definition) is 5. The zero-order valence-electron chi connectivity index (χ0n) is 16.2. The molecule has 0 radical (unpaired) electrons. The van der Waals surface area contributed by atoms with Gasteiger partial charge in [0.25, 0.3) is 17.5 Å². The lowest BCUT2D eigenvalue weighted by atomic mass is 10.1. The van der Waals surface area contributed by atoms with Crippen LogP contribution in [0.2, 0.25) is 0 Å². The second-order valence-electron chi connectivity index (χ2n) is 7.46. The topological polar surface area (TPSA) is 83.8 Å². The summed E-state index contributed by atoms with van der Waals surface area (Å²) in [5, 5.41) is 11.8. The van der Waals surface area contributed by atoms with E-state index in [1.807, 2.05) is 48.2 Å². The van der Waals surface area contributed by atoms with Crippen molar-refractivity contribution < 1.29 is 14.5 Å². The maximum absolute atomic E-state index is 13.1. The van der Waals surface area contributed by atoms with Crippen molar-refractivity contribution in [3.05, 3.63) is 93.0 Å². The Balaban J connectivity index is 1.64. The predicted molar refractivity (Wildman–Crippen MR) is 113 cm³/mol. The lowest BCUT2D eigenvalue weighted by Gasteiger charge is -2.20. The van der Waals surface area contributed by atoms with Crippen molar-refractivity contribution in [2.24, 2.45) is 0 Å². The molecule has 7 nitrogen and oxygen atoms in total. The number of nitrogens with zero attached hydrogens (tertiary/aromatic N) is 3. The minimum absolute atomic E-state index is 0.0588. The standard InChI is InChI=1S/C23H17N3O4/c1-14-6-8-16(9-7-14)25-22(27)17-12-20(21(26(29)30)13-18(17)23(25)28)24-11-10-15-4-2-3-5-19(15)24/h2-9,12-13H,10-11H2,1H3. The number of benzene rings is 3. The number of aryl methyl sites for hydroxylation is 1. The summed E-state index contributed by atoms with van der Waals surface area (Å²) in [5.41, 5.74) is 3.81. The molecule has 0 spiro atoms. The Morgan fingerprint density at radius 3 is 2.27 bits per heavy atom. The van der Waals surface area contributed by atoms with E-state index in [0.717, 1.165) is 28.1 Å². The van der Waals surface area contributed by atoms with E-state index in [-0.39, 0.29) is 16.8 Å². The van der Waals surface area contributed by atoms with Crippen LogP contribution in [0.4, 0.5) is 22.7 Å². The van der Waals surface area contributed by atoms with E-state index < -0.39 is 16.7 Å². The summed E-state index contributed by atoms with van der Waals surface area (Å²) in [6, 6.07) is 17.5. The van der Waals surface area contributed by atoms with Crippen LogP contribution in [0.25, 0.3) is 0 Å². The van der Waals surface area contributed by atoms with Gasteiger partial charge in [0.15, 0.2) is 0 Å². The molecule has 0 unspecified atom stereocenters. The van der Waals surface area contributed by atoms with Crippen molar-refractivity contribution in [3.8, 4) is 0 Å². The fraction of sp³-hybridized carbons (Fsp3) is 0.130. The highest BCUT2D eigenvalue weighted by Gasteiger charge is 2.40. The predicted octanol–water partition coefficient (Wildman–Crippen LogP) is 4.40. The summed E-state index contributed by atoms with van der Waals surface area (Å²) in [5.74, 6) is -1.02. The number of carbonyl (C=O) groups is 2. The number of hydrogen-bond donors (Lipinski definition) is 0. The molecule has 0 atom stereocenters. The molecular formula is C23H17N3O4. The molecule has 0 saturated carbocycles. The molecule has 30 heavy (non-hydrogen) atoms. The average molecular weight is 399 g/mol. The van der Waals surface area contributed by atoms with E-state index in [0.29, 0.717) is 17.9 Å². The maximum atomic E-state index is 13.1. The van der Waals surface area contributed by atoms with Gasteiger partial charge >= 0.3 is 0 Å². The first-order valence-corrected chi connectivity index (χ1v) is 9.59. The van der Waals surface area contributed by atoms with Gasteiger partial charge in [0.1, 0.15) is 5.69 Å². The fourth-order valence-corrected chi connectivity index (χ4v) is 4.14. The molecular weight excluding hydrogens is 382 g/mol. The summed E-state index contributed by atoms with van der Waals surface area (Å²) in [6.45, 7) is 2.48. The molecule has 0 aromatic heterocycles. The summed E-state index contributed by atoms with van der Waals surface area (Å²) in [6.07, 6.45) is 0.757. The van der Waals surface area contributed by atoms with Gasteiger partial charge in [-0.3, -0.25) is 19.7 Å². The van der Waals surface area contributed by atoms with E-state index in [1.165, 1.54) is 12.1 Å². The lowest BCUT2D eigenvalue weighted by Crippen LogP contribution is -2.29. The number of nitro groups is 1. The molecule has 0 fully saturated rings. The highest BCUT2D eigenvalue weighted by atomic mass is 16.6. The summed E-state index contributed by atoms with van der Waals surface area (Å²) < 4.78 is 0. The zero-order chi connectivity index (χ0) is 21.0. The van der Waals surface area contributed by atoms with Crippen LogP contribution >= 0.6 is 0 Å². The Morgan fingerprint density at radius 2 is 1.57 bits per heavy atom. The Morgan fingerprint density at radius 1 is 0.900 bits per heavy atom. The molecule has 0 bridgehead atoms. The van der Waals surface area contributed by atoms with Crippen molar-refractivity contribution in [2.45, 2.75) is 13.3 Å². The van der Waals surface area contributed by atoms with E-state index in [9.17, 15) is 19.7 Å². The van der Waals surface area contributed by atoms with E-state index in [2.05, 4.69) is 0 Å². The second-order valence-corrected chi connectivity index (χ2v) is 7.46. The molecule has 5 rings (SSSR count). The molecule has 7 heteroatoms. The summed E-state index contributed by atoms with van der Waals surface area (Å²) in [4.78, 5) is 40.3. The van der Waals surface area contributed by atoms with E-state index in [1.54, 1.807) is 12.1 Å².